The van der Waals surface area contributed by atoms with Crippen LogP contribution in [-0.2, 0) is 0 Å². The molecule has 0 bridgehead atoms. The third kappa shape index (κ3) is 3.32. The molecule has 0 aliphatic heterocycles. The molecule has 0 saturated heterocycles. The van der Waals surface area contributed by atoms with E-state index in [0.29, 0.717) is 5.69 Å². The highest BCUT2D eigenvalue weighted by atomic mass is 16.6. The summed E-state index contributed by atoms with van der Waals surface area (Å²) in [6.07, 6.45) is 1.63. The van der Waals surface area contributed by atoms with Gasteiger partial charge in [-0.15, -0.1) is 0 Å². The largest absolute Gasteiger partial charge is 0.496 e. The van der Waals surface area contributed by atoms with Crippen LogP contribution in [0, 0.1) is 10.1 Å². The average Bonchev–Trinajstić information content (AvgIpc) is 2.48. The van der Waals surface area contributed by atoms with E-state index < -0.39 is 4.92 Å². The Labute approximate surface area is 115 Å². The van der Waals surface area contributed by atoms with Crippen molar-refractivity contribution < 1.29 is 9.66 Å². The molecule has 6 heteroatoms. The molecule has 6 nitrogen and oxygen atoms in total. The van der Waals surface area contributed by atoms with E-state index in [2.05, 4.69) is 10.5 Å². The Morgan fingerprint density at radius 1 is 1.20 bits per heavy atom. The van der Waals surface area contributed by atoms with Crippen molar-refractivity contribution in [2.75, 3.05) is 12.5 Å². The number of nitro groups is 1. The highest BCUT2D eigenvalue weighted by molar-refractivity contribution is 5.83. The van der Waals surface area contributed by atoms with Gasteiger partial charge < -0.3 is 4.74 Å². The lowest BCUT2D eigenvalue weighted by atomic mass is 10.2. The second-order valence-electron chi connectivity index (χ2n) is 3.92. The van der Waals surface area contributed by atoms with E-state index in [0.717, 1.165) is 11.3 Å². The molecule has 0 heterocycles. The van der Waals surface area contributed by atoms with Gasteiger partial charge in [0, 0.05) is 17.7 Å². The van der Waals surface area contributed by atoms with E-state index in [1.807, 2.05) is 24.3 Å². The molecular formula is C14H13N3O3. The lowest BCUT2D eigenvalue weighted by molar-refractivity contribution is -0.384. The smallest absolute Gasteiger partial charge is 0.269 e. The Kier molecular flexibility index (Phi) is 4.28. The Morgan fingerprint density at radius 2 is 1.90 bits per heavy atom. The van der Waals surface area contributed by atoms with Gasteiger partial charge in [0.1, 0.15) is 5.75 Å². The first-order valence-corrected chi connectivity index (χ1v) is 5.87. The van der Waals surface area contributed by atoms with E-state index in [-0.39, 0.29) is 5.69 Å². The van der Waals surface area contributed by atoms with Crippen LogP contribution in [0.1, 0.15) is 5.56 Å². The Bertz CT molecular complexity index is 624. The van der Waals surface area contributed by atoms with Crippen molar-refractivity contribution in [2.45, 2.75) is 0 Å². The first kappa shape index (κ1) is 13.5. The number of ether oxygens (including phenoxy) is 1. The molecule has 0 unspecified atom stereocenters. The number of anilines is 1. The van der Waals surface area contributed by atoms with Gasteiger partial charge in [-0.25, -0.2) is 0 Å². The van der Waals surface area contributed by atoms with Crippen LogP contribution >= 0.6 is 0 Å². The Balaban J connectivity index is 2.04. The van der Waals surface area contributed by atoms with Gasteiger partial charge in [0.15, 0.2) is 0 Å². The minimum Gasteiger partial charge on any atom is -0.496 e. The van der Waals surface area contributed by atoms with E-state index in [1.165, 1.54) is 12.1 Å². The molecule has 0 amide bonds. The first-order chi connectivity index (χ1) is 9.70. The van der Waals surface area contributed by atoms with Gasteiger partial charge in [-0.2, -0.15) is 5.10 Å². The zero-order chi connectivity index (χ0) is 14.4. The van der Waals surface area contributed by atoms with Crippen molar-refractivity contribution in [1.29, 1.82) is 0 Å². The molecule has 0 atom stereocenters. The van der Waals surface area contributed by atoms with Crippen LogP contribution in [0.4, 0.5) is 11.4 Å². The molecule has 0 fully saturated rings. The van der Waals surface area contributed by atoms with Crippen LogP contribution in [0.25, 0.3) is 0 Å². The summed E-state index contributed by atoms with van der Waals surface area (Å²) in [5.41, 5.74) is 4.35. The third-order valence-corrected chi connectivity index (χ3v) is 2.61. The second kappa shape index (κ2) is 6.33. The minimum atomic E-state index is -0.443. The summed E-state index contributed by atoms with van der Waals surface area (Å²) in [5.74, 6) is 0.724. The predicted octanol–water partition coefficient (Wildman–Crippen LogP) is 3.05. The Hall–Kier alpha value is -2.89. The molecule has 0 aromatic heterocycles. The average molecular weight is 271 g/mol. The molecule has 0 radical (unpaired) electrons. The quantitative estimate of drug-likeness (QED) is 0.515. The van der Waals surface area contributed by atoms with Crippen LogP contribution in [0.2, 0.25) is 0 Å². The van der Waals surface area contributed by atoms with E-state index in [9.17, 15) is 10.1 Å². The summed E-state index contributed by atoms with van der Waals surface area (Å²) in [6.45, 7) is 0. The first-order valence-electron chi connectivity index (χ1n) is 5.87. The fourth-order valence-electron chi connectivity index (χ4n) is 1.61. The number of nitro benzene ring substituents is 1. The van der Waals surface area contributed by atoms with Crippen molar-refractivity contribution >= 4 is 17.6 Å². The molecule has 0 saturated carbocycles. The van der Waals surface area contributed by atoms with Crippen molar-refractivity contribution in [3.05, 3.63) is 64.2 Å². The summed E-state index contributed by atoms with van der Waals surface area (Å²) in [4.78, 5) is 10.1. The molecule has 20 heavy (non-hydrogen) atoms. The van der Waals surface area contributed by atoms with Gasteiger partial charge in [-0.05, 0) is 24.3 Å². The zero-order valence-electron chi connectivity index (χ0n) is 10.8. The number of benzene rings is 2. The van der Waals surface area contributed by atoms with Crippen molar-refractivity contribution in [1.82, 2.24) is 0 Å². The summed E-state index contributed by atoms with van der Waals surface area (Å²) in [6, 6.07) is 13.5. The summed E-state index contributed by atoms with van der Waals surface area (Å²) >= 11 is 0. The normalized spacial score (nSPS) is 10.4. The highest BCUT2D eigenvalue weighted by Gasteiger charge is 2.03. The van der Waals surface area contributed by atoms with E-state index in [4.69, 9.17) is 4.74 Å². The van der Waals surface area contributed by atoms with Gasteiger partial charge in [-0.1, -0.05) is 12.1 Å². The number of nitrogens with zero attached hydrogens (tertiary/aromatic N) is 2. The number of nitrogens with one attached hydrogen (secondary N) is 1. The number of methoxy groups -OCH3 is 1. The van der Waals surface area contributed by atoms with Gasteiger partial charge in [-0.3, -0.25) is 15.5 Å². The number of para-hydroxylation sites is 1. The number of hydrogen-bond acceptors (Lipinski definition) is 5. The van der Waals surface area contributed by atoms with E-state index >= 15 is 0 Å². The molecular weight excluding hydrogens is 258 g/mol. The molecule has 102 valence electrons. The minimum absolute atomic E-state index is 0.0456. The molecule has 1 N–H and O–H groups in total. The molecule has 0 aliphatic rings. The van der Waals surface area contributed by atoms with Crippen LogP contribution in [0.15, 0.2) is 53.6 Å². The second-order valence-corrected chi connectivity index (χ2v) is 3.92. The van der Waals surface area contributed by atoms with Crippen molar-refractivity contribution in [3.63, 3.8) is 0 Å². The Morgan fingerprint density at radius 3 is 2.55 bits per heavy atom. The zero-order valence-corrected chi connectivity index (χ0v) is 10.8. The standard InChI is InChI=1S/C14H13N3O3/c1-20-14-5-3-2-4-11(14)10-15-16-12-6-8-13(9-7-12)17(18)19/h2-10,16H,1H3/b15-10-. The monoisotopic (exact) mass is 271 g/mol. The summed E-state index contributed by atoms with van der Waals surface area (Å²) < 4.78 is 5.20. The molecule has 2 aromatic carbocycles. The number of non-ortho nitro benzene ring substituents is 1. The fraction of sp³-hybridized carbons (Fsp3) is 0.0714. The number of hydrazone groups is 1. The number of rotatable bonds is 5. The topological polar surface area (TPSA) is 76.8 Å². The van der Waals surface area contributed by atoms with Crippen LogP contribution in [-0.4, -0.2) is 18.2 Å². The number of hydrogen-bond donors (Lipinski definition) is 1. The highest BCUT2D eigenvalue weighted by Crippen LogP contribution is 2.16. The van der Waals surface area contributed by atoms with Crippen LogP contribution in [0.3, 0.4) is 0 Å². The lowest BCUT2D eigenvalue weighted by Gasteiger charge is -2.03. The maximum atomic E-state index is 10.5. The fourth-order valence-corrected chi connectivity index (χ4v) is 1.61. The molecule has 2 rings (SSSR count). The molecule has 0 spiro atoms. The molecule has 2 aromatic rings. The maximum absolute atomic E-state index is 10.5. The van der Waals surface area contributed by atoms with Crippen molar-refractivity contribution in [3.8, 4) is 5.75 Å². The lowest BCUT2D eigenvalue weighted by Crippen LogP contribution is -1.94. The predicted molar refractivity (Wildman–Crippen MR) is 77.3 cm³/mol. The van der Waals surface area contributed by atoms with Gasteiger partial charge in [0.2, 0.25) is 0 Å². The summed E-state index contributed by atoms with van der Waals surface area (Å²) in [5, 5.41) is 14.6. The van der Waals surface area contributed by atoms with Gasteiger partial charge in [0.25, 0.3) is 5.69 Å². The van der Waals surface area contributed by atoms with E-state index in [1.54, 1.807) is 25.5 Å². The summed E-state index contributed by atoms with van der Waals surface area (Å²) in [7, 11) is 1.59. The van der Waals surface area contributed by atoms with Crippen molar-refractivity contribution in [2.24, 2.45) is 5.10 Å². The van der Waals surface area contributed by atoms with Crippen LogP contribution in [0.5, 0.6) is 5.75 Å². The SMILES string of the molecule is COc1ccccc1/C=N\Nc1ccc([N+](=O)[O-])cc1. The van der Waals surface area contributed by atoms with Gasteiger partial charge in [0.05, 0.1) is 23.9 Å². The van der Waals surface area contributed by atoms with Gasteiger partial charge >= 0.3 is 0 Å². The molecule has 0 aliphatic carbocycles. The van der Waals surface area contributed by atoms with Crippen LogP contribution < -0.4 is 10.2 Å². The third-order valence-electron chi connectivity index (χ3n) is 2.61. The maximum Gasteiger partial charge on any atom is 0.269 e.